The van der Waals surface area contributed by atoms with E-state index in [1.165, 1.54) is 14.0 Å². The van der Waals surface area contributed by atoms with Crippen molar-refractivity contribution < 1.29 is 0 Å². The van der Waals surface area contributed by atoms with Gasteiger partial charge in [-0.3, -0.25) is 0 Å². The number of alkyl halides is 1. The molecule has 0 aliphatic heterocycles. The highest BCUT2D eigenvalue weighted by molar-refractivity contribution is 14.1. The third kappa shape index (κ3) is 2.53. The summed E-state index contributed by atoms with van der Waals surface area (Å²) in [5.74, 6) is 0.604. The molecule has 0 saturated carbocycles. The summed E-state index contributed by atoms with van der Waals surface area (Å²) in [5.41, 5.74) is 1.21. The molecule has 1 aromatic carbocycles. The zero-order chi connectivity index (χ0) is 8.27. The molecule has 0 spiro atoms. The van der Waals surface area contributed by atoms with Crippen molar-refractivity contribution in [1.82, 2.24) is 0 Å². The van der Waals surface area contributed by atoms with Crippen molar-refractivity contribution in [2.45, 2.75) is 10.8 Å². The average Bonchev–Trinajstić information content (AvgIpc) is 2.04. The Balaban J connectivity index is 2.99. The monoisotopic (exact) mass is 298 g/mol. The molecule has 1 aromatic rings. The van der Waals surface area contributed by atoms with E-state index in [1.54, 1.807) is 11.8 Å². The summed E-state index contributed by atoms with van der Waals surface area (Å²) in [7, 11) is 0. The molecule has 0 bridgehead atoms. The fraction of sp³-hybridized carbons (Fsp3) is 0.250. The quantitative estimate of drug-likeness (QED) is 0.455. The lowest BCUT2D eigenvalue weighted by Gasteiger charge is -2.01. The maximum atomic E-state index is 5.72. The Morgan fingerprint density at radius 1 is 1.55 bits per heavy atom. The second-order valence-electron chi connectivity index (χ2n) is 2.09. The van der Waals surface area contributed by atoms with Crippen molar-refractivity contribution in [3.05, 3.63) is 27.3 Å². The van der Waals surface area contributed by atoms with E-state index < -0.39 is 0 Å². The normalized spacial score (nSPS) is 10.1. The van der Waals surface area contributed by atoms with Gasteiger partial charge in [-0.1, -0.05) is 6.07 Å². The summed E-state index contributed by atoms with van der Waals surface area (Å²) in [6.45, 7) is 0. The predicted molar refractivity (Wildman–Crippen MR) is 60.5 cm³/mol. The molecule has 0 aliphatic rings. The van der Waals surface area contributed by atoms with Crippen LogP contribution in [0.3, 0.4) is 0 Å². The van der Waals surface area contributed by atoms with Gasteiger partial charge in [0, 0.05) is 14.3 Å². The van der Waals surface area contributed by atoms with E-state index in [9.17, 15) is 0 Å². The number of rotatable bonds is 2. The van der Waals surface area contributed by atoms with Gasteiger partial charge < -0.3 is 0 Å². The molecule has 0 fully saturated rings. The molecule has 0 saturated heterocycles. The molecule has 0 atom stereocenters. The maximum Gasteiger partial charge on any atom is 0.0484 e. The summed E-state index contributed by atoms with van der Waals surface area (Å²) in [6, 6.07) is 6.34. The molecule has 0 N–H and O–H groups in total. The number of thioether (sulfide) groups is 1. The Morgan fingerprint density at radius 3 is 2.73 bits per heavy atom. The highest BCUT2D eigenvalue weighted by Gasteiger charge is 1.98. The van der Waals surface area contributed by atoms with Crippen LogP contribution in [0.4, 0.5) is 0 Å². The van der Waals surface area contributed by atoms with E-state index in [0.29, 0.717) is 5.88 Å². The first-order valence-corrected chi connectivity index (χ1v) is 6.00. The van der Waals surface area contributed by atoms with Gasteiger partial charge in [0.2, 0.25) is 0 Å². The predicted octanol–water partition coefficient (Wildman–Crippen LogP) is 3.75. The van der Waals surface area contributed by atoms with E-state index in [0.717, 1.165) is 0 Å². The molecule has 3 heteroatoms. The molecule has 60 valence electrons. The number of halogens is 2. The topological polar surface area (TPSA) is 0 Å². The zero-order valence-electron chi connectivity index (χ0n) is 6.10. The highest BCUT2D eigenvalue weighted by atomic mass is 127. The van der Waals surface area contributed by atoms with Gasteiger partial charge in [0.05, 0.1) is 0 Å². The Bertz CT molecular complexity index is 250. The minimum Gasteiger partial charge on any atom is -0.130 e. The molecule has 0 amide bonds. The van der Waals surface area contributed by atoms with Crippen LogP contribution in [0.2, 0.25) is 0 Å². The number of hydrogen-bond donors (Lipinski definition) is 0. The van der Waals surface area contributed by atoms with E-state index in [1.807, 2.05) is 0 Å². The van der Waals surface area contributed by atoms with Crippen molar-refractivity contribution in [3.8, 4) is 0 Å². The third-order valence-electron chi connectivity index (χ3n) is 1.40. The van der Waals surface area contributed by atoms with Gasteiger partial charge in [0.15, 0.2) is 0 Å². The van der Waals surface area contributed by atoms with Crippen LogP contribution in [0.15, 0.2) is 23.1 Å². The largest absolute Gasteiger partial charge is 0.130 e. The van der Waals surface area contributed by atoms with Crippen molar-refractivity contribution in [2.75, 3.05) is 6.26 Å². The molecule has 0 nitrogen and oxygen atoms in total. The molecular formula is C8H8ClIS. The van der Waals surface area contributed by atoms with Crippen molar-refractivity contribution in [2.24, 2.45) is 0 Å². The van der Waals surface area contributed by atoms with E-state index in [-0.39, 0.29) is 0 Å². The summed E-state index contributed by atoms with van der Waals surface area (Å²) in [6.07, 6.45) is 2.08. The van der Waals surface area contributed by atoms with Crippen LogP contribution in [0.25, 0.3) is 0 Å². The number of benzene rings is 1. The van der Waals surface area contributed by atoms with Gasteiger partial charge in [-0.25, -0.2) is 0 Å². The summed E-state index contributed by atoms with van der Waals surface area (Å²) in [5, 5.41) is 0. The van der Waals surface area contributed by atoms with E-state index >= 15 is 0 Å². The van der Waals surface area contributed by atoms with Crippen LogP contribution in [0.5, 0.6) is 0 Å². The molecule has 11 heavy (non-hydrogen) atoms. The van der Waals surface area contributed by atoms with E-state index in [4.69, 9.17) is 11.6 Å². The van der Waals surface area contributed by atoms with Gasteiger partial charge in [0.1, 0.15) is 0 Å². The molecule has 0 unspecified atom stereocenters. The summed E-state index contributed by atoms with van der Waals surface area (Å²) >= 11 is 9.78. The van der Waals surface area contributed by atoms with Crippen LogP contribution in [0, 0.1) is 3.57 Å². The molecular weight excluding hydrogens is 291 g/mol. The Kier molecular flexibility index (Phi) is 4.02. The minimum atomic E-state index is 0.604. The van der Waals surface area contributed by atoms with Gasteiger partial charge in [-0.15, -0.1) is 23.4 Å². The second-order valence-corrected chi connectivity index (χ2v) is 4.40. The third-order valence-corrected chi connectivity index (χ3v) is 3.42. The van der Waals surface area contributed by atoms with Crippen molar-refractivity contribution >= 4 is 46.0 Å². The van der Waals surface area contributed by atoms with Crippen LogP contribution < -0.4 is 0 Å². The van der Waals surface area contributed by atoms with Gasteiger partial charge in [-0.05, 0) is 46.5 Å². The average molecular weight is 299 g/mol. The molecule has 0 heterocycles. The molecule has 0 aliphatic carbocycles. The Hall–Kier alpha value is 0.590. The number of hydrogen-bond acceptors (Lipinski definition) is 1. The lowest BCUT2D eigenvalue weighted by atomic mass is 10.2. The lowest BCUT2D eigenvalue weighted by Crippen LogP contribution is -1.83. The van der Waals surface area contributed by atoms with Crippen LogP contribution >= 0.6 is 46.0 Å². The standard InChI is InChI=1S/C8H8ClIS/c1-11-7-3-2-6(5-9)8(10)4-7/h2-4H,5H2,1H3. The van der Waals surface area contributed by atoms with Crippen LogP contribution in [-0.2, 0) is 5.88 Å². The van der Waals surface area contributed by atoms with E-state index in [2.05, 4.69) is 47.0 Å². The maximum absolute atomic E-state index is 5.72. The first-order valence-electron chi connectivity index (χ1n) is 3.16. The fourth-order valence-corrected chi connectivity index (χ4v) is 2.58. The Morgan fingerprint density at radius 2 is 2.27 bits per heavy atom. The van der Waals surface area contributed by atoms with Crippen LogP contribution in [-0.4, -0.2) is 6.26 Å². The minimum absolute atomic E-state index is 0.604. The van der Waals surface area contributed by atoms with Gasteiger partial charge in [-0.2, -0.15) is 0 Å². The first kappa shape index (κ1) is 9.68. The van der Waals surface area contributed by atoms with Gasteiger partial charge >= 0.3 is 0 Å². The Labute approximate surface area is 89.8 Å². The first-order chi connectivity index (χ1) is 5.27. The summed E-state index contributed by atoms with van der Waals surface area (Å²) in [4.78, 5) is 1.29. The SMILES string of the molecule is CSc1ccc(CCl)c(I)c1. The molecule has 0 radical (unpaired) electrons. The zero-order valence-corrected chi connectivity index (χ0v) is 9.83. The fourth-order valence-electron chi connectivity index (χ4n) is 0.763. The molecule has 1 rings (SSSR count). The lowest BCUT2D eigenvalue weighted by molar-refractivity contribution is 1.31. The highest BCUT2D eigenvalue weighted by Crippen LogP contribution is 2.21. The molecule has 0 aromatic heterocycles. The smallest absolute Gasteiger partial charge is 0.0484 e. The van der Waals surface area contributed by atoms with Gasteiger partial charge in [0.25, 0.3) is 0 Å². The summed E-state index contributed by atoms with van der Waals surface area (Å²) < 4.78 is 1.25. The van der Waals surface area contributed by atoms with Crippen molar-refractivity contribution in [3.63, 3.8) is 0 Å². The van der Waals surface area contributed by atoms with Crippen molar-refractivity contribution in [1.29, 1.82) is 0 Å². The second kappa shape index (κ2) is 4.58. The van der Waals surface area contributed by atoms with Crippen LogP contribution in [0.1, 0.15) is 5.56 Å².